The van der Waals surface area contributed by atoms with E-state index in [9.17, 15) is 0 Å². The van der Waals surface area contributed by atoms with Crippen molar-refractivity contribution in [2.24, 2.45) is 0 Å². The van der Waals surface area contributed by atoms with E-state index in [0.717, 1.165) is 37.3 Å². The molecule has 6 heteroatoms. The van der Waals surface area contributed by atoms with Crippen LogP contribution in [-0.4, -0.2) is 38.1 Å². The van der Waals surface area contributed by atoms with Crippen LogP contribution in [0.3, 0.4) is 0 Å². The van der Waals surface area contributed by atoms with Gasteiger partial charge in [0.15, 0.2) is 0 Å². The summed E-state index contributed by atoms with van der Waals surface area (Å²) in [5, 5.41) is 12.7. The van der Waals surface area contributed by atoms with E-state index in [4.69, 9.17) is 4.52 Å². The van der Waals surface area contributed by atoms with Gasteiger partial charge in [0, 0.05) is 37.3 Å². The van der Waals surface area contributed by atoms with E-state index in [1.807, 2.05) is 6.92 Å². The van der Waals surface area contributed by atoms with Gasteiger partial charge in [0.2, 0.25) is 0 Å². The van der Waals surface area contributed by atoms with Crippen LogP contribution in [0.4, 0.5) is 0 Å². The Morgan fingerprint density at radius 2 is 2.25 bits per heavy atom. The Morgan fingerprint density at radius 1 is 1.35 bits per heavy atom. The molecule has 0 spiro atoms. The molecule has 0 N–H and O–H groups in total. The van der Waals surface area contributed by atoms with Gasteiger partial charge < -0.3 is 4.52 Å². The normalized spacial score (nSPS) is 23.6. The van der Waals surface area contributed by atoms with Gasteiger partial charge in [-0.3, -0.25) is 4.90 Å². The lowest BCUT2D eigenvalue weighted by Crippen LogP contribution is -2.22. The van der Waals surface area contributed by atoms with Crippen LogP contribution in [0, 0.1) is 6.92 Å². The fourth-order valence-corrected chi connectivity index (χ4v) is 2.88. The standard InChI is InChI=1S/C14H19N5O/c1-10-9-20-16-13(10)7-18-5-4-12(6-18)19-8-14(15-17-19)11-2-3-11/h8-9,11-12H,2-7H2,1H3. The molecule has 20 heavy (non-hydrogen) atoms. The van der Waals surface area contributed by atoms with Gasteiger partial charge in [-0.25, -0.2) is 4.68 Å². The highest BCUT2D eigenvalue weighted by molar-refractivity contribution is 5.12. The van der Waals surface area contributed by atoms with E-state index < -0.39 is 0 Å². The molecule has 0 amide bonds. The van der Waals surface area contributed by atoms with Crippen LogP contribution >= 0.6 is 0 Å². The average molecular weight is 273 g/mol. The van der Waals surface area contributed by atoms with Crippen LogP contribution in [0.25, 0.3) is 0 Å². The van der Waals surface area contributed by atoms with Gasteiger partial charge >= 0.3 is 0 Å². The van der Waals surface area contributed by atoms with Crippen LogP contribution in [0.2, 0.25) is 0 Å². The minimum atomic E-state index is 0.446. The first-order valence-corrected chi connectivity index (χ1v) is 7.33. The van der Waals surface area contributed by atoms with Gasteiger partial charge in [-0.2, -0.15) is 0 Å². The van der Waals surface area contributed by atoms with Gasteiger partial charge in [0.05, 0.1) is 11.7 Å². The third kappa shape index (κ3) is 2.24. The van der Waals surface area contributed by atoms with E-state index in [-0.39, 0.29) is 0 Å². The Hall–Kier alpha value is -1.69. The van der Waals surface area contributed by atoms with Crippen molar-refractivity contribution in [1.82, 2.24) is 25.1 Å². The molecule has 4 rings (SSSR count). The fourth-order valence-electron chi connectivity index (χ4n) is 2.88. The molecule has 0 radical (unpaired) electrons. The minimum absolute atomic E-state index is 0.446. The highest BCUT2D eigenvalue weighted by Gasteiger charge is 2.30. The molecule has 2 aromatic heterocycles. The first-order chi connectivity index (χ1) is 9.79. The second-order valence-corrected chi connectivity index (χ2v) is 6.02. The number of nitrogens with zero attached hydrogens (tertiary/aromatic N) is 5. The van der Waals surface area contributed by atoms with Gasteiger partial charge in [0.25, 0.3) is 0 Å². The zero-order valence-corrected chi connectivity index (χ0v) is 11.7. The number of hydrogen-bond acceptors (Lipinski definition) is 5. The van der Waals surface area contributed by atoms with Crippen molar-refractivity contribution >= 4 is 0 Å². The maximum atomic E-state index is 5.00. The molecule has 1 aliphatic heterocycles. The summed E-state index contributed by atoms with van der Waals surface area (Å²) in [7, 11) is 0. The Balaban J connectivity index is 1.40. The lowest BCUT2D eigenvalue weighted by Gasteiger charge is -2.14. The van der Waals surface area contributed by atoms with Crippen molar-refractivity contribution in [3.05, 3.63) is 29.4 Å². The summed E-state index contributed by atoms with van der Waals surface area (Å²) in [6.07, 6.45) is 7.54. The molecule has 0 aromatic carbocycles. The van der Waals surface area contributed by atoms with Crippen molar-refractivity contribution in [3.63, 3.8) is 0 Å². The molecule has 1 unspecified atom stereocenters. The van der Waals surface area contributed by atoms with Crippen molar-refractivity contribution in [3.8, 4) is 0 Å². The number of aromatic nitrogens is 4. The lowest BCUT2D eigenvalue weighted by atomic mass is 10.2. The molecule has 2 aliphatic rings. The summed E-state index contributed by atoms with van der Waals surface area (Å²) in [4.78, 5) is 2.41. The van der Waals surface area contributed by atoms with E-state index in [1.165, 1.54) is 18.5 Å². The Morgan fingerprint density at radius 3 is 3.00 bits per heavy atom. The Labute approximate surface area is 117 Å². The average Bonchev–Trinajstić information content (AvgIpc) is 2.88. The summed E-state index contributed by atoms with van der Waals surface area (Å²) in [5.41, 5.74) is 3.35. The zero-order valence-electron chi connectivity index (χ0n) is 11.7. The maximum absolute atomic E-state index is 5.00. The van der Waals surface area contributed by atoms with Crippen LogP contribution < -0.4 is 0 Å². The molecule has 1 atom stereocenters. The summed E-state index contributed by atoms with van der Waals surface area (Å²) in [6.45, 7) is 5.00. The highest BCUT2D eigenvalue weighted by Crippen LogP contribution is 2.39. The fraction of sp³-hybridized carbons (Fsp3) is 0.643. The molecule has 2 aromatic rings. The number of hydrogen-bond donors (Lipinski definition) is 0. The Kier molecular flexibility index (Phi) is 2.84. The monoisotopic (exact) mass is 273 g/mol. The van der Waals surface area contributed by atoms with Crippen molar-refractivity contribution < 1.29 is 4.52 Å². The lowest BCUT2D eigenvalue weighted by molar-refractivity contribution is 0.297. The molecule has 0 bridgehead atoms. The third-order valence-corrected chi connectivity index (χ3v) is 4.37. The quantitative estimate of drug-likeness (QED) is 0.851. The predicted molar refractivity (Wildman–Crippen MR) is 72.2 cm³/mol. The van der Waals surface area contributed by atoms with E-state index in [2.05, 4.69) is 31.2 Å². The first-order valence-electron chi connectivity index (χ1n) is 7.33. The zero-order chi connectivity index (χ0) is 13.5. The predicted octanol–water partition coefficient (Wildman–Crippen LogP) is 1.90. The molecule has 1 aliphatic carbocycles. The molecule has 1 saturated carbocycles. The minimum Gasteiger partial charge on any atom is -0.364 e. The Bertz CT molecular complexity index is 600. The second-order valence-electron chi connectivity index (χ2n) is 6.02. The third-order valence-electron chi connectivity index (χ3n) is 4.37. The summed E-state index contributed by atoms with van der Waals surface area (Å²) >= 11 is 0. The summed E-state index contributed by atoms with van der Waals surface area (Å²) in [5.74, 6) is 0.680. The van der Waals surface area contributed by atoms with Crippen molar-refractivity contribution in [2.75, 3.05) is 13.1 Å². The van der Waals surface area contributed by atoms with Gasteiger partial charge in [0.1, 0.15) is 12.0 Å². The van der Waals surface area contributed by atoms with Crippen LogP contribution in [0.1, 0.15) is 48.2 Å². The van der Waals surface area contributed by atoms with Gasteiger partial charge in [-0.1, -0.05) is 10.4 Å². The van der Waals surface area contributed by atoms with Gasteiger partial charge in [-0.05, 0) is 26.2 Å². The van der Waals surface area contributed by atoms with E-state index in [0.29, 0.717) is 12.0 Å². The molecule has 3 heterocycles. The first kappa shape index (κ1) is 12.1. The van der Waals surface area contributed by atoms with Crippen molar-refractivity contribution in [2.45, 2.75) is 44.7 Å². The molecule has 1 saturated heterocycles. The highest BCUT2D eigenvalue weighted by atomic mass is 16.5. The van der Waals surface area contributed by atoms with E-state index >= 15 is 0 Å². The molecular weight excluding hydrogens is 254 g/mol. The van der Waals surface area contributed by atoms with Crippen LogP contribution in [0.5, 0.6) is 0 Å². The summed E-state index contributed by atoms with van der Waals surface area (Å²) < 4.78 is 7.06. The smallest absolute Gasteiger partial charge is 0.127 e. The maximum Gasteiger partial charge on any atom is 0.127 e. The number of rotatable bonds is 4. The van der Waals surface area contributed by atoms with Gasteiger partial charge in [-0.15, -0.1) is 5.10 Å². The second kappa shape index (κ2) is 4.70. The van der Waals surface area contributed by atoms with Crippen LogP contribution in [-0.2, 0) is 6.54 Å². The summed E-state index contributed by atoms with van der Waals surface area (Å²) in [6, 6.07) is 0.446. The van der Waals surface area contributed by atoms with Crippen LogP contribution in [0.15, 0.2) is 17.0 Å². The molecule has 2 fully saturated rings. The topological polar surface area (TPSA) is 60.0 Å². The molecule has 6 nitrogen and oxygen atoms in total. The number of aryl methyl sites for hydroxylation is 1. The number of likely N-dealkylation sites (tertiary alicyclic amines) is 1. The van der Waals surface area contributed by atoms with Crippen molar-refractivity contribution in [1.29, 1.82) is 0 Å². The van der Waals surface area contributed by atoms with E-state index in [1.54, 1.807) is 6.26 Å². The molecular formula is C14H19N5O. The SMILES string of the molecule is Cc1conc1CN1CCC(n2cc(C3CC3)nn2)C1. The molecule has 106 valence electrons. The largest absolute Gasteiger partial charge is 0.364 e.